The summed E-state index contributed by atoms with van der Waals surface area (Å²) in [6.07, 6.45) is 1.62. The average molecular weight is 470 g/mol. The lowest BCUT2D eigenvalue weighted by atomic mass is 10.1. The fourth-order valence-electron chi connectivity index (χ4n) is 2.75. The molecular formula is C22H20BrN3O4. The number of benzene rings is 3. The van der Waals surface area contributed by atoms with Crippen LogP contribution in [0.1, 0.15) is 16.7 Å². The van der Waals surface area contributed by atoms with Gasteiger partial charge in [0.15, 0.2) is 11.5 Å². The van der Waals surface area contributed by atoms with E-state index in [1.165, 1.54) is 17.7 Å². The van der Waals surface area contributed by atoms with Gasteiger partial charge in [-0.25, -0.2) is 0 Å². The van der Waals surface area contributed by atoms with E-state index in [9.17, 15) is 10.1 Å². The fraction of sp³-hybridized carbons (Fsp3) is 0.136. The maximum atomic E-state index is 10.7. The molecule has 0 unspecified atom stereocenters. The van der Waals surface area contributed by atoms with Crippen LogP contribution in [0.2, 0.25) is 0 Å². The highest BCUT2D eigenvalue weighted by Crippen LogP contribution is 2.37. The first-order chi connectivity index (χ1) is 14.5. The highest BCUT2D eigenvalue weighted by Gasteiger charge is 2.12. The molecule has 3 rings (SSSR count). The van der Waals surface area contributed by atoms with E-state index in [0.717, 1.165) is 15.6 Å². The number of hydrazone groups is 1. The Bertz CT molecular complexity index is 1070. The molecule has 0 aliphatic carbocycles. The molecule has 0 aromatic heterocycles. The van der Waals surface area contributed by atoms with Crippen molar-refractivity contribution in [3.05, 3.63) is 91.9 Å². The number of anilines is 1. The number of non-ortho nitro benzene ring substituents is 1. The smallest absolute Gasteiger partial charge is 0.269 e. The van der Waals surface area contributed by atoms with Crippen molar-refractivity contribution < 1.29 is 14.4 Å². The second kappa shape index (κ2) is 9.89. The lowest BCUT2D eigenvalue weighted by Crippen LogP contribution is -2.00. The summed E-state index contributed by atoms with van der Waals surface area (Å²) in [7, 11) is 1.58. The normalized spacial score (nSPS) is 10.8. The molecule has 0 bridgehead atoms. The van der Waals surface area contributed by atoms with E-state index < -0.39 is 4.92 Å². The van der Waals surface area contributed by atoms with Gasteiger partial charge < -0.3 is 9.47 Å². The van der Waals surface area contributed by atoms with Crippen LogP contribution in [0.5, 0.6) is 11.5 Å². The number of nitrogens with one attached hydrogen (secondary N) is 1. The zero-order valence-electron chi connectivity index (χ0n) is 16.5. The van der Waals surface area contributed by atoms with Gasteiger partial charge in [-0.05, 0) is 58.2 Å². The zero-order valence-corrected chi connectivity index (χ0v) is 18.0. The molecule has 1 N–H and O–H groups in total. The summed E-state index contributed by atoms with van der Waals surface area (Å²) >= 11 is 3.53. The molecule has 0 atom stereocenters. The molecule has 0 spiro atoms. The first-order valence-corrected chi connectivity index (χ1v) is 9.85. The minimum atomic E-state index is -0.445. The summed E-state index contributed by atoms with van der Waals surface area (Å²) < 4.78 is 12.2. The van der Waals surface area contributed by atoms with E-state index >= 15 is 0 Å². The molecule has 0 aliphatic heterocycles. The molecule has 0 radical (unpaired) electrons. The second-order valence-corrected chi connectivity index (χ2v) is 7.34. The summed E-state index contributed by atoms with van der Waals surface area (Å²) in [4.78, 5) is 10.3. The summed E-state index contributed by atoms with van der Waals surface area (Å²) in [6.45, 7) is 2.46. The van der Waals surface area contributed by atoms with Crippen LogP contribution in [0.4, 0.5) is 11.4 Å². The monoisotopic (exact) mass is 469 g/mol. The van der Waals surface area contributed by atoms with Gasteiger partial charge in [-0.2, -0.15) is 5.10 Å². The second-order valence-electron chi connectivity index (χ2n) is 6.49. The predicted octanol–water partition coefficient (Wildman–Crippen LogP) is 5.70. The van der Waals surface area contributed by atoms with Crippen molar-refractivity contribution in [2.24, 2.45) is 5.10 Å². The molecule has 154 valence electrons. The summed E-state index contributed by atoms with van der Waals surface area (Å²) in [5.41, 5.74) is 6.54. The third kappa shape index (κ3) is 5.57. The Labute approximate surface area is 182 Å². The molecule has 3 aromatic rings. The minimum Gasteiger partial charge on any atom is -0.493 e. The van der Waals surface area contributed by atoms with Crippen molar-refractivity contribution in [2.75, 3.05) is 12.5 Å². The number of aryl methyl sites for hydroxylation is 1. The van der Waals surface area contributed by atoms with E-state index in [0.29, 0.717) is 23.8 Å². The van der Waals surface area contributed by atoms with E-state index in [-0.39, 0.29) is 5.69 Å². The van der Waals surface area contributed by atoms with Gasteiger partial charge in [-0.15, -0.1) is 0 Å². The number of halogens is 1. The van der Waals surface area contributed by atoms with Gasteiger partial charge in [0.25, 0.3) is 5.69 Å². The van der Waals surface area contributed by atoms with Crippen LogP contribution in [0.3, 0.4) is 0 Å². The topological polar surface area (TPSA) is 86.0 Å². The Morgan fingerprint density at radius 3 is 2.60 bits per heavy atom. The Morgan fingerprint density at radius 1 is 1.17 bits per heavy atom. The third-order valence-electron chi connectivity index (χ3n) is 4.20. The van der Waals surface area contributed by atoms with Gasteiger partial charge in [-0.1, -0.05) is 29.8 Å². The van der Waals surface area contributed by atoms with Gasteiger partial charge in [-0.3, -0.25) is 15.5 Å². The molecule has 0 amide bonds. The molecule has 8 heteroatoms. The van der Waals surface area contributed by atoms with E-state index in [1.54, 1.807) is 25.5 Å². The Hall–Kier alpha value is -3.39. The van der Waals surface area contributed by atoms with Gasteiger partial charge in [0.05, 0.1) is 28.4 Å². The standard InChI is InChI=1S/C22H20BrN3O4/c1-15-4-3-5-16(10-15)14-30-22-20(23)11-17(12-21(22)29-2)13-24-25-18-6-8-19(9-7-18)26(27)28/h3-13,25H,14H2,1-2H3/b24-13+. The predicted molar refractivity (Wildman–Crippen MR) is 121 cm³/mol. The van der Waals surface area contributed by atoms with Gasteiger partial charge in [0, 0.05) is 12.1 Å². The molecular weight excluding hydrogens is 450 g/mol. The summed E-state index contributed by atoms with van der Waals surface area (Å²) in [6, 6.07) is 17.8. The maximum Gasteiger partial charge on any atom is 0.269 e. The number of hydrogen-bond acceptors (Lipinski definition) is 6. The van der Waals surface area contributed by atoms with Gasteiger partial charge >= 0.3 is 0 Å². The highest BCUT2D eigenvalue weighted by molar-refractivity contribution is 9.10. The maximum absolute atomic E-state index is 10.7. The summed E-state index contributed by atoms with van der Waals surface area (Å²) in [5.74, 6) is 1.19. The van der Waals surface area contributed by atoms with Crippen LogP contribution in [-0.2, 0) is 6.61 Å². The number of hydrogen-bond donors (Lipinski definition) is 1. The Kier molecular flexibility index (Phi) is 7.03. The van der Waals surface area contributed by atoms with Crippen molar-refractivity contribution in [2.45, 2.75) is 13.5 Å². The Balaban J connectivity index is 1.69. The lowest BCUT2D eigenvalue weighted by Gasteiger charge is -2.14. The molecule has 0 fully saturated rings. The number of rotatable bonds is 8. The zero-order chi connectivity index (χ0) is 21.5. The van der Waals surface area contributed by atoms with E-state index in [1.807, 2.05) is 37.3 Å². The van der Waals surface area contributed by atoms with Crippen LogP contribution >= 0.6 is 15.9 Å². The largest absolute Gasteiger partial charge is 0.493 e. The molecule has 0 aliphatic rings. The molecule has 3 aromatic carbocycles. The molecule has 7 nitrogen and oxygen atoms in total. The molecule has 0 saturated carbocycles. The highest BCUT2D eigenvalue weighted by atomic mass is 79.9. The van der Waals surface area contributed by atoms with Crippen LogP contribution < -0.4 is 14.9 Å². The van der Waals surface area contributed by atoms with Crippen molar-refractivity contribution in [3.63, 3.8) is 0 Å². The van der Waals surface area contributed by atoms with E-state index in [2.05, 4.69) is 32.5 Å². The molecule has 0 heterocycles. The quantitative estimate of drug-likeness (QED) is 0.259. The number of nitrogens with zero attached hydrogens (tertiary/aromatic N) is 2. The summed E-state index contributed by atoms with van der Waals surface area (Å²) in [5, 5.41) is 14.9. The average Bonchev–Trinajstić information content (AvgIpc) is 2.73. The van der Waals surface area contributed by atoms with Gasteiger partial charge in [0.1, 0.15) is 6.61 Å². The molecule has 0 saturated heterocycles. The van der Waals surface area contributed by atoms with Crippen LogP contribution in [0.25, 0.3) is 0 Å². The van der Waals surface area contributed by atoms with Gasteiger partial charge in [0.2, 0.25) is 0 Å². The minimum absolute atomic E-state index is 0.0273. The van der Waals surface area contributed by atoms with Crippen LogP contribution in [0.15, 0.2) is 70.2 Å². The number of nitro groups is 1. The van der Waals surface area contributed by atoms with Crippen molar-refractivity contribution in [1.29, 1.82) is 0 Å². The number of nitro benzene ring substituents is 1. The first-order valence-electron chi connectivity index (χ1n) is 9.05. The fourth-order valence-corrected chi connectivity index (χ4v) is 3.33. The third-order valence-corrected chi connectivity index (χ3v) is 4.79. The van der Waals surface area contributed by atoms with Crippen molar-refractivity contribution in [3.8, 4) is 11.5 Å². The van der Waals surface area contributed by atoms with Crippen LogP contribution in [-0.4, -0.2) is 18.2 Å². The number of methoxy groups -OCH3 is 1. The SMILES string of the molecule is COc1cc(/C=N/Nc2ccc([N+](=O)[O-])cc2)cc(Br)c1OCc1cccc(C)c1. The first kappa shape index (κ1) is 21.3. The van der Waals surface area contributed by atoms with E-state index in [4.69, 9.17) is 9.47 Å². The lowest BCUT2D eigenvalue weighted by molar-refractivity contribution is -0.384. The van der Waals surface area contributed by atoms with Crippen molar-refractivity contribution >= 4 is 33.5 Å². The molecule has 30 heavy (non-hydrogen) atoms. The van der Waals surface area contributed by atoms with Crippen molar-refractivity contribution in [1.82, 2.24) is 0 Å². The number of ether oxygens (including phenoxy) is 2. The van der Waals surface area contributed by atoms with Crippen LogP contribution in [0, 0.1) is 17.0 Å². The Morgan fingerprint density at radius 2 is 1.93 bits per heavy atom.